The molecule has 1 aliphatic heterocycles. The predicted molar refractivity (Wildman–Crippen MR) is 56.3 cm³/mol. The van der Waals surface area contributed by atoms with E-state index >= 15 is 0 Å². The maximum Gasteiger partial charge on any atom is 0.228 e. The summed E-state index contributed by atoms with van der Waals surface area (Å²) in [5.41, 5.74) is -1.14. The summed E-state index contributed by atoms with van der Waals surface area (Å²) in [5, 5.41) is 10.2. The lowest BCUT2D eigenvalue weighted by molar-refractivity contribution is -0.140. The molecular weight excluding hydrogens is 192 g/mol. The zero-order valence-corrected chi connectivity index (χ0v) is 9.00. The molecule has 0 radical (unpaired) electrons. The summed E-state index contributed by atoms with van der Waals surface area (Å²) in [4.78, 5) is 12.0. The molecule has 0 aromatic heterocycles. The summed E-state index contributed by atoms with van der Waals surface area (Å²) in [6, 6.07) is 0. The van der Waals surface area contributed by atoms with E-state index in [-0.39, 0.29) is 5.78 Å². The quantitative estimate of drug-likeness (QED) is 0.757. The number of rotatable bonds is 2. The number of ketones is 1. The third-order valence-corrected chi connectivity index (χ3v) is 3.26. The molecule has 0 bridgehead atoms. The van der Waals surface area contributed by atoms with Crippen LogP contribution in [-0.2, 0) is 9.53 Å². The molecule has 3 nitrogen and oxygen atoms in total. The van der Waals surface area contributed by atoms with Crippen LogP contribution in [-0.4, -0.2) is 23.1 Å². The second kappa shape index (κ2) is 4.35. The fraction of sp³-hybridized carbons (Fsp3) is 0.750. The molecule has 2 aliphatic rings. The largest absolute Gasteiger partial charge is 0.490 e. The van der Waals surface area contributed by atoms with Crippen LogP contribution in [0.2, 0.25) is 0 Å². The van der Waals surface area contributed by atoms with Crippen molar-refractivity contribution in [1.29, 1.82) is 0 Å². The van der Waals surface area contributed by atoms with E-state index in [9.17, 15) is 9.90 Å². The van der Waals surface area contributed by atoms with Crippen molar-refractivity contribution < 1.29 is 14.6 Å². The molecule has 1 heterocycles. The van der Waals surface area contributed by atoms with Gasteiger partial charge in [0.2, 0.25) is 5.78 Å². The zero-order chi connectivity index (χ0) is 10.7. The number of allylic oxidation sites excluding steroid dienone is 1. The summed E-state index contributed by atoms with van der Waals surface area (Å²) in [6.07, 6.45) is 7.85. The first-order valence-electron chi connectivity index (χ1n) is 5.82. The molecule has 3 heteroatoms. The fourth-order valence-electron chi connectivity index (χ4n) is 2.31. The Morgan fingerprint density at radius 2 is 2.00 bits per heavy atom. The first-order chi connectivity index (χ1) is 7.22. The Balaban J connectivity index is 2.08. The highest BCUT2D eigenvalue weighted by Crippen LogP contribution is 2.31. The number of carbonyl (C=O) groups excluding carboxylic acids is 1. The molecule has 1 N–H and O–H groups in total. The maximum absolute atomic E-state index is 12.0. The number of ether oxygens (including phenoxy) is 1. The number of hydrogen-bond donors (Lipinski definition) is 1. The Morgan fingerprint density at radius 3 is 2.60 bits per heavy atom. The molecule has 0 aromatic rings. The van der Waals surface area contributed by atoms with E-state index in [4.69, 9.17) is 4.74 Å². The summed E-state index contributed by atoms with van der Waals surface area (Å²) >= 11 is 0. The molecule has 15 heavy (non-hydrogen) atoms. The molecule has 0 amide bonds. The molecule has 0 saturated heterocycles. The van der Waals surface area contributed by atoms with Crippen molar-refractivity contribution in [2.75, 3.05) is 6.61 Å². The van der Waals surface area contributed by atoms with Crippen LogP contribution in [0.15, 0.2) is 11.8 Å². The topological polar surface area (TPSA) is 46.5 Å². The van der Waals surface area contributed by atoms with Gasteiger partial charge >= 0.3 is 0 Å². The molecule has 0 atom stereocenters. The SMILES string of the molecule is O=C(C1=CCCCO1)C1(O)CCCCC1. The Labute approximate surface area is 90.1 Å². The van der Waals surface area contributed by atoms with Crippen molar-refractivity contribution in [3.8, 4) is 0 Å². The van der Waals surface area contributed by atoms with Gasteiger partial charge in [-0.3, -0.25) is 4.79 Å². The molecule has 0 aromatic carbocycles. The maximum atomic E-state index is 12.0. The normalized spacial score (nSPS) is 25.3. The lowest BCUT2D eigenvalue weighted by atomic mass is 9.81. The highest BCUT2D eigenvalue weighted by Gasteiger charge is 2.39. The minimum absolute atomic E-state index is 0.193. The van der Waals surface area contributed by atoms with Gasteiger partial charge in [0.1, 0.15) is 5.60 Å². The monoisotopic (exact) mass is 210 g/mol. The van der Waals surface area contributed by atoms with Crippen LogP contribution < -0.4 is 0 Å². The van der Waals surface area contributed by atoms with Crippen LogP contribution in [0.4, 0.5) is 0 Å². The van der Waals surface area contributed by atoms with Crippen molar-refractivity contribution in [2.45, 2.75) is 50.5 Å². The van der Waals surface area contributed by atoms with E-state index in [0.29, 0.717) is 25.2 Å². The van der Waals surface area contributed by atoms with Crippen LogP contribution in [0.1, 0.15) is 44.9 Å². The van der Waals surface area contributed by atoms with Crippen molar-refractivity contribution in [3.05, 3.63) is 11.8 Å². The standard InChI is InChI=1S/C12H18O3/c13-11(10-6-2-5-9-15-10)12(14)7-3-1-4-8-12/h6,14H,1-5,7-9H2. The number of hydrogen-bond acceptors (Lipinski definition) is 3. The zero-order valence-electron chi connectivity index (χ0n) is 9.00. The van der Waals surface area contributed by atoms with Crippen LogP contribution in [0.5, 0.6) is 0 Å². The van der Waals surface area contributed by atoms with E-state index in [1.165, 1.54) is 0 Å². The predicted octanol–water partition coefficient (Wildman–Crippen LogP) is 1.95. The fourth-order valence-corrected chi connectivity index (χ4v) is 2.31. The average Bonchev–Trinajstić information content (AvgIpc) is 2.30. The van der Waals surface area contributed by atoms with Crippen LogP contribution in [0.25, 0.3) is 0 Å². The van der Waals surface area contributed by atoms with E-state index in [0.717, 1.165) is 32.1 Å². The van der Waals surface area contributed by atoms with E-state index in [1.54, 1.807) is 0 Å². The summed E-state index contributed by atoms with van der Waals surface area (Å²) in [6.45, 7) is 0.605. The van der Waals surface area contributed by atoms with Gasteiger partial charge in [-0.15, -0.1) is 0 Å². The van der Waals surface area contributed by atoms with Crippen molar-refractivity contribution in [3.63, 3.8) is 0 Å². The number of carbonyl (C=O) groups is 1. The van der Waals surface area contributed by atoms with Crippen LogP contribution in [0.3, 0.4) is 0 Å². The van der Waals surface area contributed by atoms with E-state index in [2.05, 4.69) is 0 Å². The van der Waals surface area contributed by atoms with Gasteiger partial charge in [0.05, 0.1) is 6.61 Å². The highest BCUT2D eigenvalue weighted by molar-refractivity contribution is 6.00. The second-order valence-corrected chi connectivity index (χ2v) is 4.48. The first kappa shape index (κ1) is 10.7. The molecule has 0 unspecified atom stereocenters. The smallest absolute Gasteiger partial charge is 0.228 e. The summed E-state index contributed by atoms with van der Waals surface area (Å²) in [7, 11) is 0. The van der Waals surface area contributed by atoms with Gasteiger partial charge in [-0.1, -0.05) is 19.3 Å². The highest BCUT2D eigenvalue weighted by atomic mass is 16.5. The average molecular weight is 210 g/mol. The molecule has 1 fully saturated rings. The van der Waals surface area contributed by atoms with Crippen molar-refractivity contribution >= 4 is 5.78 Å². The minimum atomic E-state index is -1.14. The van der Waals surface area contributed by atoms with Gasteiger partial charge < -0.3 is 9.84 Å². The van der Waals surface area contributed by atoms with Crippen molar-refractivity contribution in [1.82, 2.24) is 0 Å². The van der Waals surface area contributed by atoms with Gasteiger partial charge in [-0.25, -0.2) is 0 Å². The molecule has 0 spiro atoms. The van der Waals surface area contributed by atoms with E-state index in [1.807, 2.05) is 6.08 Å². The summed E-state index contributed by atoms with van der Waals surface area (Å²) < 4.78 is 5.31. The molecule has 2 rings (SSSR count). The van der Waals surface area contributed by atoms with E-state index < -0.39 is 5.60 Å². The Hall–Kier alpha value is -0.830. The summed E-state index contributed by atoms with van der Waals surface area (Å²) in [5.74, 6) is 0.201. The van der Waals surface area contributed by atoms with Gasteiger partial charge in [0, 0.05) is 0 Å². The van der Waals surface area contributed by atoms with Gasteiger partial charge in [-0.2, -0.15) is 0 Å². The Bertz CT molecular complexity index is 275. The molecule has 84 valence electrons. The Morgan fingerprint density at radius 1 is 1.27 bits per heavy atom. The van der Waals surface area contributed by atoms with Gasteiger partial charge in [-0.05, 0) is 31.8 Å². The molecule has 1 saturated carbocycles. The lowest BCUT2D eigenvalue weighted by Gasteiger charge is -2.31. The first-order valence-corrected chi connectivity index (χ1v) is 5.82. The number of aliphatic hydroxyl groups is 1. The lowest BCUT2D eigenvalue weighted by Crippen LogP contribution is -2.42. The third-order valence-electron chi connectivity index (χ3n) is 3.26. The number of Topliss-reactive ketones (excluding diaryl/α,β-unsaturated/α-hetero) is 1. The van der Waals surface area contributed by atoms with Crippen molar-refractivity contribution in [2.24, 2.45) is 0 Å². The minimum Gasteiger partial charge on any atom is -0.490 e. The second-order valence-electron chi connectivity index (χ2n) is 4.48. The van der Waals surface area contributed by atoms with Crippen LogP contribution in [0, 0.1) is 0 Å². The molecular formula is C12H18O3. The van der Waals surface area contributed by atoms with Crippen LogP contribution >= 0.6 is 0 Å². The van der Waals surface area contributed by atoms with Gasteiger partial charge in [0.15, 0.2) is 5.76 Å². The molecule has 1 aliphatic carbocycles. The van der Waals surface area contributed by atoms with Gasteiger partial charge in [0.25, 0.3) is 0 Å². The third kappa shape index (κ3) is 2.23. The Kier molecular flexibility index (Phi) is 3.10.